The van der Waals surface area contributed by atoms with E-state index in [0.29, 0.717) is 35.7 Å². The standard InChI is InChI=1S/C18H19F2N3O3S2/c1-10-7-14-16(28-10)17(25)23(5-6-26-2)18(22-14)27-9-15(24)21-13-4-3-11(19)8-12(13)20/h3-4,8,10H,5-7,9H2,1-2H3,(H,21,24)/t10-/m1/s1. The Morgan fingerprint density at radius 1 is 1.46 bits per heavy atom. The van der Waals surface area contributed by atoms with Gasteiger partial charge in [-0.25, -0.2) is 13.8 Å². The first-order valence-corrected chi connectivity index (χ1v) is 10.4. The fourth-order valence-electron chi connectivity index (χ4n) is 2.73. The van der Waals surface area contributed by atoms with Gasteiger partial charge in [-0.15, -0.1) is 11.8 Å². The number of methoxy groups -OCH3 is 1. The summed E-state index contributed by atoms with van der Waals surface area (Å²) in [6.07, 6.45) is 0.695. The Kier molecular flexibility index (Phi) is 6.73. The number of nitrogens with one attached hydrogen (secondary N) is 1. The van der Waals surface area contributed by atoms with Gasteiger partial charge in [0.15, 0.2) is 5.16 Å². The number of fused-ring (bicyclic) bond motifs is 1. The van der Waals surface area contributed by atoms with Crippen LogP contribution in [0, 0.1) is 11.6 Å². The van der Waals surface area contributed by atoms with E-state index >= 15 is 0 Å². The van der Waals surface area contributed by atoms with E-state index < -0.39 is 17.5 Å². The molecular weight excluding hydrogens is 408 g/mol. The normalized spacial score (nSPS) is 15.5. The van der Waals surface area contributed by atoms with Crippen molar-refractivity contribution >= 4 is 35.1 Å². The summed E-state index contributed by atoms with van der Waals surface area (Å²) in [6.45, 7) is 2.69. The zero-order chi connectivity index (χ0) is 20.3. The molecule has 10 heteroatoms. The molecular formula is C18H19F2N3O3S2. The molecule has 2 heterocycles. The van der Waals surface area contributed by atoms with Crippen LogP contribution in [-0.4, -0.2) is 40.2 Å². The molecule has 1 aliphatic rings. The fourth-order valence-corrected chi connectivity index (χ4v) is 4.69. The van der Waals surface area contributed by atoms with Crippen molar-refractivity contribution in [3.05, 3.63) is 45.9 Å². The molecule has 0 radical (unpaired) electrons. The predicted octanol–water partition coefficient (Wildman–Crippen LogP) is 2.94. The van der Waals surface area contributed by atoms with Gasteiger partial charge >= 0.3 is 0 Å². The Morgan fingerprint density at radius 3 is 2.96 bits per heavy atom. The van der Waals surface area contributed by atoms with Gasteiger partial charge in [0.1, 0.15) is 11.6 Å². The van der Waals surface area contributed by atoms with Crippen LogP contribution in [0.3, 0.4) is 0 Å². The lowest BCUT2D eigenvalue weighted by Crippen LogP contribution is -2.27. The number of carbonyl (C=O) groups excluding carboxylic acids is 1. The van der Waals surface area contributed by atoms with Gasteiger partial charge in [-0.1, -0.05) is 18.7 Å². The molecule has 0 spiro atoms. The predicted molar refractivity (Wildman–Crippen MR) is 105 cm³/mol. The third kappa shape index (κ3) is 4.73. The molecule has 1 aromatic carbocycles. The summed E-state index contributed by atoms with van der Waals surface area (Å²) >= 11 is 2.60. The first-order valence-electron chi connectivity index (χ1n) is 8.56. The summed E-state index contributed by atoms with van der Waals surface area (Å²) in [5.74, 6) is -2.12. The van der Waals surface area contributed by atoms with Crippen molar-refractivity contribution in [1.29, 1.82) is 0 Å². The number of amides is 1. The molecule has 0 aliphatic carbocycles. The summed E-state index contributed by atoms with van der Waals surface area (Å²) < 4.78 is 33.2. The molecule has 0 bridgehead atoms. The molecule has 3 rings (SSSR count). The van der Waals surface area contributed by atoms with E-state index in [-0.39, 0.29) is 22.2 Å². The van der Waals surface area contributed by atoms with Gasteiger partial charge in [0.25, 0.3) is 5.56 Å². The average Bonchev–Trinajstić information content (AvgIpc) is 3.02. The lowest BCUT2D eigenvalue weighted by molar-refractivity contribution is -0.113. The van der Waals surface area contributed by atoms with Crippen molar-refractivity contribution in [2.45, 2.75) is 35.2 Å². The highest BCUT2D eigenvalue weighted by atomic mass is 32.2. The molecule has 1 aliphatic heterocycles. The minimum atomic E-state index is -0.850. The highest BCUT2D eigenvalue weighted by Gasteiger charge is 2.26. The molecule has 0 saturated heterocycles. The first kappa shape index (κ1) is 20.8. The Balaban J connectivity index is 1.75. The SMILES string of the molecule is COCCn1c(SCC(=O)Nc2ccc(F)cc2F)nc2c(c1=O)S[C@H](C)C2. The minimum Gasteiger partial charge on any atom is -0.383 e. The number of thioether (sulfide) groups is 2. The molecule has 1 amide bonds. The molecule has 6 nitrogen and oxygen atoms in total. The molecule has 0 saturated carbocycles. The van der Waals surface area contributed by atoms with Crippen molar-refractivity contribution in [2.24, 2.45) is 0 Å². The van der Waals surface area contributed by atoms with Crippen molar-refractivity contribution in [3.8, 4) is 0 Å². The second-order valence-electron chi connectivity index (χ2n) is 6.21. The zero-order valence-corrected chi connectivity index (χ0v) is 17.0. The van der Waals surface area contributed by atoms with Crippen molar-refractivity contribution in [2.75, 3.05) is 24.8 Å². The number of benzene rings is 1. The van der Waals surface area contributed by atoms with E-state index in [0.717, 1.165) is 29.6 Å². The molecule has 1 atom stereocenters. The van der Waals surface area contributed by atoms with Crippen molar-refractivity contribution in [3.63, 3.8) is 0 Å². The van der Waals surface area contributed by atoms with Gasteiger partial charge in [0, 0.05) is 24.8 Å². The number of hydrogen-bond acceptors (Lipinski definition) is 6. The number of ether oxygens (including phenoxy) is 1. The van der Waals surface area contributed by atoms with Crippen LogP contribution in [0.2, 0.25) is 0 Å². The van der Waals surface area contributed by atoms with E-state index in [4.69, 9.17) is 4.74 Å². The van der Waals surface area contributed by atoms with Crippen LogP contribution in [0.15, 0.2) is 33.0 Å². The first-order chi connectivity index (χ1) is 13.4. The summed E-state index contributed by atoms with van der Waals surface area (Å²) in [4.78, 5) is 30.2. The molecule has 0 fully saturated rings. The van der Waals surface area contributed by atoms with E-state index in [9.17, 15) is 18.4 Å². The number of halogens is 2. The lowest BCUT2D eigenvalue weighted by Gasteiger charge is -2.13. The Hall–Kier alpha value is -1.91. The van der Waals surface area contributed by atoms with Gasteiger partial charge in [-0.3, -0.25) is 14.2 Å². The van der Waals surface area contributed by atoms with Gasteiger partial charge in [0.2, 0.25) is 5.91 Å². The minimum absolute atomic E-state index is 0.0717. The number of anilines is 1. The van der Waals surface area contributed by atoms with Gasteiger partial charge in [0.05, 0.1) is 35.2 Å². The smallest absolute Gasteiger partial charge is 0.268 e. The topological polar surface area (TPSA) is 73.2 Å². The molecule has 1 N–H and O–H groups in total. The van der Waals surface area contributed by atoms with E-state index in [1.165, 1.54) is 16.3 Å². The second kappa shape index (κ2) is 9.06. The largest absolute Gasteiger partial charge is 0.383 e. The van der Waals surface area contributed by atoms with Crippen LogP contribution in [0.1, 0.15) is 12.6 Å². The molecule has 1 aromatic heterocycles. The van der Waals surface area contributed by atoms with Crippen molar-refractivity contribution < 1.29 is 18.3 Å². The number of carbonyl (C=O) groups is 1. The Labute approximate surface area is 169 Å². The maximum atomic E-state index is 13.7. The molecule has 0 unspecified atom stereocenters. The lowest BCUT2D eigenvalue weighted by atomic mass is 10.2. The zero-order valence-electron chi connectivity index (χ0n) is 15.3. The third-order valence-corrected chi connectivity index (χ3v) is 6.21. The van der Waals surface area contributed by atoms with E-state index in [2.05, 4.69) is 10.3 Å². The Bertz CT molecular complexity index is 952. The Morgan fingerprint density at radius 2 is 2.25 bits per heavy atom. The molecule has 28 heavy (non-hydrogen) atoms. The highest BCUT2D eigenvalue weighted by molar-refractivity contribution is 8.00. The van der Waals surface area contributed by atoms with Crippen LogP contribution in [-0.2, 0) is 22.5 Å². The fraction of sp³-hybridized carbons (Fsp3) is 0.389. The quantitative estimate of drug-likeness (QED) is 0.541. The number of nitrogens with zero attached hydrogens (tertiary/aromatic N) is 2. The van der Waals surface area contributed by atoms with E-state index in [1.807, 2.05) is 6.92 Å². The second-order valence-corrected chi connectivity index (χ2v) is 8.60. The number of aromatic nitrogens is 2. The summed E-state index contributed by atoms with van der Waals surface area (Å²) in [6, 6.07) is 2.93. The molecule has 150 valence electrons. The number of hydrogen-bond donors (Lipinski definition) is 1. The summed E-state index contributed by atoms with van der Waals surface area (Å²) in [7, 11) is 1.54. The van der Waals surface area contributed by atoms with Crippen molar-refractivity contribution in [1.82, 2.24) is 9.55 Å². The monoisotopic (exact) mass is 427 g/mol. The van der Waals surface area contributed by atoms with E-state index in [1.54, 1.807) is 7.11 Å². The van der Waals surface area contributed by atoms with Crippen LogP contribution < -0.4 is 10.9 Å². The van der Waals surface area contributed by atoms with Gasteiger partial charge in [-0.2, -0.15) is 0 Å². The van der Waals surface area contributed by atoms with Gasteiger partial charge in [-0.05, 0) is 12.1 Å². The highest BCUT2D eigenvalue weighted by Crippen LogP contribution is 2.34. The third-order valence-electron chi connectivity index (χ3n) is 4.02. The van der Waals surface area contributed by atoms with Crippen LogP contribution in [0.5, 0.6) is 0 Å². The van der Waals surface area contributed by atoms with Gasteiger partial charge < -0.3 is 10.1 Å². The summed E-state index contributed by atoms with van der Waals surface area (Å²) in [5.41, 5.74) is 0.503. The average molecular weight is 427 g/mol. The maximum absolute atomic E-state index is 13.7. The van der Waals surface area contributed by atoms with Crippen LogP contribution >= 0.6 is 23.5 Å². The maximum Gasteiger partial charge on any atom is 0.268 e. The number of rotatable bonds is 7. The molecule has 2 aromatic rings. The summed E-state index contributed by atoms with van der Waals surface area (Å²) in [5, 5.41) is 3.09. The van der Waals surface area contributed by atoms with Crippen LogP contribution in [0.25, 0.3) is 0 Å². The van der Waals surface area contributed by atoms with Crippen LogP contribution in [0.4, 0.5) is 14.5 Å².